The van der Waals surface area contributed by atoms with E-state index < -0.39 is 46.1 Å². The number of ether oxygens (including phenoxy) is 1. The van der Waals surface area contributed by atoms with Crippen LogP contribution < -0.4 is 4.74 Å². The topological polar surface area (TPSA) is 50.1 Å². The standard InChI is InChI=1S/C14H5F4NO2S/c15-9-1-6(2-10(16)8(9)5-19)21-14(20)13-11(17)3-7(22)4-12(13)18/h1-4,22H. The minimum Gasteiger partial charge on any atom is -0.423 e. The number of hydrogen-bond donors (Lipinski definition) is 1. The second-order valence-corrected chi connectivity index (χ2v) is 4.56. The number of benzene rings is 2. The summed E-state index contributed by atoms with van der Waals surface area (Å²) in [6.45, 7) is 0. The number of halogens is 4. The van der Waals surface area contributed by atoms with Crippen LogP contribution in [-0.4, -0.2) is 5.97 Å². The third-order valence-corrected chi connectivity index (χ3v) is 2.83. The van der Waals surface area contributed by atoms with Crippen molar-refractivity contribution in [1.29, 1.82) is 5.26 Å². The van der Waals surface area contributed by atoms with Crippen LogP contribution in [0.2, 0.25) is 0 Å². The van der Waals surface area contributed by atoms with Crippen molar-refractivity contribution in [2.45, 2.75) is 4.90 Å². The van der Waals surface area contributed by atoms with Crippen molar-refractivity contribution >= 4 is 18.6 Å². The van der Waals surface area contributed by atoms with E-state index >= 15 is 0 Å². The summed E-state index contributed by atoms with van der Waals surface area (Å²) in [5, 5.41) is 8.50. The van der Waals surface area contributed by atoms with E-state index in [1.165, 1.54) is 6.07 Å². The van der Waals surface area contributed by atoms with E-state index in [0.29, 0.717) is 12.1 Å². The van der Waals surface area contributed by atoms with E-state index in [2.05, 4.69) is 17.4 Å². The number of esters is 1. The first kappa shape index (κ1) is 15.9. The molecule has 0 saturated heterocycles. The van der Waals surface area contributed by atoms with Gasteiger partial charge in [0.05, 0.1) is 0 Å². The van der Waals surface area contributed by atoms with Crippen LogP contribution in [0.1, 0.15) is 15.9 Å². The number of rotatable bonds is 2. The minimum atomic E-state index is -1.48. The maximum atomic E-state index is 13.6. The van der Waals surface area contributed by atoms with Gasteiger partial charge < -0.3 is 4.74 Å². The van der Waals surface area contributed by atoms with Crippen molar-refractivity contribution < 1.29 is 27.1 Å². The molecule has 0 spiro atoms. The lowest BCUT2D eigenvalue weighted by atomic mass is 10.2. The van der Waals surface area contributed by atoms with E-state index in [4.69, 9.17) is 5.26 Å². The molecule has 0 fully saturated rings. The molecule has 0 aromatic heterocycles. The molecule has 2 rings (SSSR count). The Hall–Kier alpha value is -2.53. The fraction of sp³-hybridized carbons (Fsp3) is 0. The molecule has 0 bridgehead atoms. The maximum Gasteiger partial charge on any atom is 0.349 e. The molecule has 0 N–H and O–H groups in total. The molecule has 22 heavy (non-hydrogen) atoms. The summed E-state index contributed by atoms with van der Waals surface area (Å²) >= 11 is 3.73. The lowest BCUT2D eigenvalue weighted by Crippen LogP contribution is -2.13. The number of nitrogens with zero attached hydrogens (tertiary/aromatic N) is 1. The van der Waals surface area contributed by atoms with Crippen LogP contribution in [-0.2, 0) is 0 Å². The average Bonchev–Trinajstić information content (AvgIpc) is 2.36. The highest BCUT2D eigenvalue weighted by Gasteiger charge is 2.21. The summed E-state index contributed by atoms with van der Waals surface area (Å²) in [6.07, 6.45) is 0. The molecule has 0 radical (unpaired) electrons. The molecule has 0 amide bonds. The molecule has 0 unspecified atom stereocenters. The van der Waals surface area contributed by atoms with E-state index in [1.54, 1.807) is 0 Å². The number of hydrogen-bond acceptors (Lipinski definition) is 4. The zero-order chi connectivity index (χ0) is 16.4. The van der Waals surface area contributed by atoms with Crippen LogP contribution in [0.3, 0.4) is 0 Å². The monoisotopic (exact) mass is 327 g/mol. The fourth-order valence-corrected chi connectivity index (χ4v) is 1.86. The molecule has 0 aliphatic carbocycles. The Morgan fingerprint density at radius 3 is 1.95 bits per heavy atom. The van der Waals surface area contributed by atoms with E-state index in [0.717, 1.165) is 12.1 Å². The van der Waals surface area contributed by atoms with E-state index in [9.17, 15) is 22.4 Å². The quantitative estimate of drug-likeness (QED) is 0.397. The smallest absolute Gasteiger partial charge is 0.349 e. The van der Waals surface area contributed by atoms with Crippen molar-refractivity contribution in [3.8, 4) is 11.8 Å². The van der Waals surface area contributed by atoms with Gasteiger partial charge in [-0.25, -0.2) is 22.4 Å². The van der Waals surface area contributed by atoms with Gasteiger partial charge in [0.1, 0.15) is 46.2 Å². The lowest BCUT2D eigenvalue weighted by molar-refractivity contribution is 0.0723. The highest BCUT2D eigenvalue weighted by molar-refractivity contribution is 7.80. The Kier molecular flexibility index (Phi) is 4.37. The van der Waals surface area contributed by atoms with Crippen LogP contribution in [0.5, 0.6) is 5.75 Å². The second kappa shape index (κ2) is 6.07. The lowest BCUT2D eigenvalue weighted by Gasteiger charge is -2.08. The van der Waals surface area contributed by atoms with Crippen LogP contribution >= 0.6 is 12.6 Å². The van der Waals surface area contributed by atoms with E-state index in [1.807, 2.05) is 0 Å². The van der Waals surface area contributed by atoms with Crippen LogP contribution in [0.25, 0.3) is 0 Å². The number of carbonyl (C=O) groups is 1. The van der Waals surface area contributed by atoms with Crippen LogP contribution in [0.15, 0.2) is 29.2 Å². The molecular weight excluding hydrogens is 322 g/mol. The number of thiol groups is 1. The summed E-state index contributed by atoms with van der Waals surface area (Å²) in [6, 6.07) is 3.96. The van der Waals surface area contributed by atoms with Crippen molar-refractivity contribution in [2.24, 2.45) is 0 Å². The van der Waals surface area contributed by atoms with Gasteiger partial charge in [0.15, 0.2) is 0 Å². The normalized spacial score (nSPS) is 10.2. The fourth-order valence-electron chi connectivity index (χ4n) is 1.63. The Bertz CT molecular complexity index is 771. The summed E-state index contributed by atoms with van der Waals surface area (Å²) < 4.78 is 58.4. The molecule has 0 atom stereocenters. The maximum absolute atomic E-state index is 13.6. The number of carbonyl (C=O) groups excluding carboxylic acids is 1. The van der Waals surface area contributed by atoms with Gasteiger partial charge in [0.2, 0.25) is 0 Å². The average molecular weight is 327 g/mol. The SMILES string of the molecule is N#Cc1c(F)cc(OC(=O)c2c(F)cc(S)cc2F)cc1F. The summed E-state index contributed by atoms with van der Waals surface area (Å²) in [4.78, 5) is 11.7. The van der Waals surface area contributed by atoms with Crippen molar-refractivity contribution in [1.82, 2.24) is 0 Å². The largest absolute Gasteiger partial charge is 0.423 e. The molecule has 0 saturated carbocycles. The van der Waals surface area contributed by atoms with Crippen molar-refractivity contribution in [3.05, 3.63) is 58.7 Å². The zero-order valence-electron chi connectivity index (χ0n) is 10.5. The third kappa shape index (κ3) is 3.04. The molecule has 0 aliphatic rings. The summed E-state index contributed by atoms with van der Waals surface area (Å²) in [5.41, 5.74) is -1.89. The highest BCUT2D eigenvalue weighted by atomic mass is 32.1. The molecule has 0 aliphatic heterocycles. The zero-order valence-corrected chi connectivity index (χ0v) is 11.4. The molecule has 8 heteroatoms. The van der Waals surface area contributed by atoms with Crippen molar-refractivity contribution in [2.75, 3.05) is 0 Å². The summed E-state index contributed by atoms with van der Waals surface area (Å²) in [5.74, 6) is -7.11. The van der Waals surface area contributed by atoms with Gasteiger partial charge in [-0.2, -0.15) is 5.26 Å². The van der Waals surface area contributed by atoms with Gasteiger partial charge in [0.25, 0.3) is 0 Å². The Morgan fingerprint density at radius 2 is 1.50 bits per heavy atom. The first-order valence-corrected chi connectivity index (χ1v) is 6.07. The second-order valence-electron chi connectivity index (χ2n) is 4.05. The Morgan fingerprint density at radius 1 is 1.00 bits per heavy atom. The Balaban J connectivity index is 2.37. The van der Waals surface area contributed by atoms with Gasteiger partial charge in [-0.15, -0.1) is 12.6 Å². The molecule has 3 nitrogen and oxygen atoms in total. The number of nitriles is 1. The van der Waals surface area contributed by atoms with Gasteiger partial charge in [0, 0.05) is 17.0 Å². The Labute approximate surface area is 127 Å². The first-order chi connectivity index (χ1) is 10.3. The molecule has 2 aromatic carbocycles. The van der Waals surface area contributed by atoms with Gasteiger partial charge >= 0.3 is 5.97 Å². The predicted molar refractivity (Wildman–Crippen MR) is 69.6 cm³/mol. The van der Waals surface area contributed by atoms with Crippen molar-refractivity contribution in [3.63, 3.8) is 0 Å². The molecule has 2 aromatic rings. The van der Waals surface area contributed by atoms with Crippen LogP contribution in [0, 0.1) is 34.6 Å². The van der Waals surface area contributed by atoms with Gasteiger partial charge in [-0.3, -0.25) is 0 Å². The first-order valence-electron chi connectivity index (χ1n) is 5.62. The van der Waals surface area contributed by atoms with Crippen LogP contribution in [0.4, 0.5) is 17.6 Å². The highest BCUT2D eigenvalue weighted by Crippen LogP contribution is 2.23. The summed E-state index contributed by atoms with van der Waals surface area (Å²) in [7, 11) is 0. The third-order valence-electron chi connectivity index (χ3n) is 2.57. The minimum absolute atomic E-state index is 0.0537. The molecular formula is C14H5F4NO2S. The van der Waals surface area contributed by atoms with Gasteiger partial charge in [-0.05, 0) is 12.1 Å². The predicted octanol–water partition coefficient (Wildman–Crippen LogP) is 3.62. The molecule has 0 heterocycles. The van der Waals surface area contributed by atoms with E-state index in [-0.39, 0.29) is 4.90 Å². The van der Waals surface area contributed by atoms with Gasteiger partial charge in [-0.1, -0.05) is 0 Å². The molecule has 112 valence electrons.